The molecule has 2 nitrogen and oxygen atoms in total. The van der Waals surface area contributed by atoms with Gasteiger partial charge in [0, 0.05) is 5.33 Å². The zero-order valence-electron chi connectivity index (χ0n) is 6.55. The highest BCUT2D eigenvalue weighted by atomic mass is 79.9. The predicted octanol–water partition coefficient (Wildman–Crippen LogP) is 2.35. The maximum absolute atomic E-state index is 5.34. The van der Waals surface area contributed by atoms with Crippen LogP contribution in [0.25, 0.3) is 0 Å². The number of halogens is 1. The van der Waals surface area contributed by atoms with E-state index >= 15 is 0 Å². The van der Waals surface area contributed by atoms with Gasteiger partial charge in [-0.1, -0.05) is 28.1 Å². The predicted molar refractivity (Wildman–Crippen MR) is 50.1 cm³/mol. The smallest absolute Gasteiger partial charge is 0.231 e. The number of fused-ring (bicyclic) bond motifs is 1. The molecule has 0 unspecified atom stereocenters. The van der Waals surface area contributed by atoms with E-state index in [0.717, 1.165) is 23.2 Å². The molecule has 1 aromatic carbocycles. The SMILES string of the molecule is BrCCc1cccc2c1OCO2. The van der Waals surface area contributed by atoms with Gasteiger partial charge < -0.3 is 9.47 Å². The minimum absolute atomic E-state index is 0.356. The van der Waals surface area contributed by atoms with Crippen LogP contribution in [-0.4, -0.2) is 12.1 Å². The number of benzene rings is 1. The van der Waals surface area contributed by atoms with Gasteiger partial charge in [0.15, 0.2) is 11.5 Å². The first-order chi connectivity index (χ1) is 5.92. The van der Waals surface area contributed by atoms with Crippen LogP contribution in [0.1, 0.15) is 5.56 Å². The molecule has 2 rings (SSSR count). The van der Waals surface area contributed by atoms with Crippen molar-refractivity contribution in [3.05, 3.63) is 23.8 Å². The lowest BCUT2D eigenvalue weighted by atomic mass is 10.1. The van der Waals surface area contributed by atoms with E-state index in [2.05, 4.69) is 22.0 Å². The molecular formula is C9H9BrO2. The molecule has 3 heteroatoms. The summed E-state index contributed by atoms with van der Waals surface area (Å²) >= 11 is 3.40. The minimum atomic E-state index is 0.356. The first-order valence-corrected chi connectivity index (χ1v) is 4.97. The Morgan fingerprint density at radius 3 is 3.08 bits per heavy atom. The second-order valence-corrected chi connectivity index (χ2v) is 3.38. The van der Waals surface area contributed by atoms with Gasteiger partial charge in [0.05, 0.1) is 0 Å². The molecule has 0 amide bonds. The first-order valence-electron chi connectivity index (χ1n) is 3.85. The fraction of sp³-hybridized carbons (Fsp3) is 0.333. The normalized spacial score (nSPS) is 13.4. The van der Waals surface area contributed by atoms with Crippen molar-refractivity contribution >= 4 is 15.9 Å². The lowest BCUT2D eigenvalue weighted by molar-refractivity contribution is 0.173. The van der Waals surface area contributed by atoms with Crippen molar-refractivity contribution in [2.75, 3.05) is 12.1 Å². The number of rotatable bonds is 2. The molecule has 1 aliphatic rings. The van der Waals surface area contributed by atoms with Gasteiger partial charge >= 0.3 is 0 Å². The summed E-state index contributed by atoms with van der Waals surface area (Å²) in [7, 11) is 0. The molecule has 0 aromatic heterocycles. The summed E-state index contributed by atoms with van der Waals surface area (Å²) in [6.45, 7) is 0.356. The highest BCUT2D eigenvalue weighted by Crippen LogP contribution is 2.35. The van der Waals surface area contributed by atoms with Crippen LogP contribution < -0.4 is 9.47 Å². The summed E-state index contributed by atoms with van der Waals surface area (Å²) in [6.07, 6.45) is 0.979. The maximum Gasteiger partial charge on any atom is 0.231 e. The van der Waals surface area contributed by atoms with Gasteiger partial charge in [-0.25, -0.2) is 0 Å². The Morgan fingerprint density at radius 2 is 2.25 bits per heavy atom. The molecule has 1 aromatic rings. The van der Waals surface area contributed by atoms with Crippen molar-refractivity contribution in [1.29, 1.82) is 0 Å². The molecule has 0 atom stereocenters. The van der Waals surface area contributed by atoms with Gasteiger partial charge in [0.2, 0.25) is 6.79 Å². The lowest BCUT2D eigenvalue weighted by Gasteiger charge is -2.02. The van der Waals surface area contributed by atoms with Crippen LogP contribution in [0.2, 0.25) is 0 Å². The number of alkyl halides is 1. The topological polar surface area (TPSA) is 18.5 Å². The molecule has 0 radical (unpaired) electrons. The molecule has 1 aliphatic heterocycles. The largest absolute Gasteiger partial charge is 0.454 e. The Kier molecular flexibility index (Phi) is 2.21. The number of ether oxygens (including phenoxy) is 2. The van der Waals surface area contributed by atoms with Gasteiger partial charge in [-0.05, 0) is 18.1 Å². The molecule has 0 aliphatic carbocycles. The van der Waals surface area contributed by atoms with E-state index < -0.39 is 0 Å². The molecular weight excluding hydrogens is 220 g/mol. The summed E-state index contributed by atoms with van der Waals surface area (Å²) in [6, 6.07) is 5.99. The van der Waals surface area contributed by atoms with Crippen molar-refractivity contribution < 1.29 is 9.47 Å². The third-order valence-electron chi connectivity index (χ3n) is 1.84. The van der Waals surface area contributed by atoms with Gasteiger partial charge in [-0.3, -0.25) is 0 Å². The van der Waals surface area contributed by atoms with E-state index in [1.165, 1.54) is 5.56 Å². The quantitative estimate of drug-likeness (QED) is 0.724. The summed E-state index contributed by atoms with van der Waals surface area (Å²) < 4.78 is 10.6. The van der Waals surface area contributed by atoms with E-state index in [1.54, 1.807) is 0 Å². The van der Waals surface area contributed by atoms with E-state index in [0.29, 0.717) is 6.79 Å². The summed E-state index contributed by atoms with van der Waals surface area (Å²) in [5, 5.41) is 0.951. The standard InChI is InChI=1S/C9H9BrO2/c10-5-4-7-2-1-3-8-9(7)12-6-11-8/h1-3H,4-6H2. The average Bonchev–Trinajstić information content (AvgIpc) is 2.53. The van der Waals surface area contributed by atoms with Crippen molar-refractivity contribution in [2.45, 2.75) is 6.42 Å². The van der Waals surface area contributed by atoms with E-state index in [9.17, 15) is 0 Å². The second-order valence-electron chi connectivity index (χ2n) is 2.59. The Morgan fingerprint density at radius 1 is 1.33 bits per heavy atom. The average molecular weight is 229 g/mol. The van der Waals surface area contributed by atoms with Crippen molar-refractivity contribution in [2.24, 2.45) is 0 Å². The fourth-order valence-electron chi connectivity index (χ4n) is 1.29. The molecule has 0 spiro atoms. The van der Waals surface area contributed by atoms with Crippen LogP contribution in [-0.2, 0) is 6.42 Å². The van der Waals surface area contributed by atoms with Gasteiger partial charge in [-0.2, -0.15) is 0 Å². The molecule has 0 saturated carbocycles. The maximum atomic E-state index is 5.34. The third kappa shape index (κ3) is 1.29. The molecule has 0 fully saturated rings. The van der Waals surface area contributed by atoms with Crippen molar-refractivity contribution in [1.82, 2.24) is 0 Å². The molecule has 0 bridgehead atoms. The van der Waals surface area contributed by atoms with Gasteiger partial charge in [0.1, 0.15) is 0 Å². The van der Waals surface area contributed by atoms with Crippen LogP contribution in [0.4, 0.5) is 0 Å². The van der Waals surface area contributed by atoms with Crippen LogP contribution in [0.5, 0.6) is 11.5 Å². The summed E-state index contributed by atoms with van der Waals surface area (Å²) in [5.41, 5.74) is 1.21. The Balaban J connectivity index is 2.36. The summed E-state index contributed by atoms with van der Waals surface area (Å²) in [5.74, 6) is 1.78. The monoisotopic (exact) mass is 228 g/mol. The highest BCUT2D eigenvalue weighted by molar-refractivity contribution is 9.09. The first kappa shape index (κ1) is 7.92. The lowest BCUT2D eigenvalue weighted by Crippen LogP contribution is -1.94. The Bertz CT molecular complexity index is 286. The number of hydrogen-bond acceptors (Lipinski definition) is 2. The number of aryl methyl sites for hydroxylation is 1. The molecule has 0 N–H and O–H groups in total. The Hall–Kier alpha value is -0.700. The second kappa shape index (κ2) is 3.35. The Labute approximate surface area is 79.6 Å². The van der Waals surface area contributed by atoms with Crippen molar-refractivity contribution in [3.8, 4) is 11.5 Å². The third-order valence-corrected chi connectivity index (χ3v) is 2.24. The zero-order valence-corrected chi connectivity index (χ0v) is 8.13. The van der Waals surface area contributed by atoms with Crippen LogP contribution in [0, 0.1) is 0 Å². The fourth-order valence-corrected chi connectivity index (χ4v) is 1.72. The van der Waals surface area contributed by atoms with Gasteiger partial charge in [-0.15, -0.1) is 0 Å². The molecule has 1 heterocycles. The van der Waals surface area contributed by atoms with Crippen molar-refractivity contribution in [3.63, 3.8) is 0 Å². The van der Waals surface area contributed by atoms with E-state index in [4.69, 9.17) is 9.47 Å². The minimum Gasteiger partial charge on any atom is -0.454 e. The number of hydrogen-bond donors (Lipinski definition) is 0. The molecule has 0 saturated heterocycles. The van der Waals surface area contributed by atoms with Crippen LogP contribution >= 0.6 is 15.9 Å². The summed E-state index contributed by atoms with van der Waals surface area (Å²) in [4.78, 5) is 0. The van der Waals surface area contributed by atoms with Gasteiger partial charge in [0.25, 0.3) is 0 Å². The van der Waals surface area contributed by atoms with E-state index in [-0.39, 0.29) is 0 Å². The zero-order chi connectivity index (χ0) is 8.39. The highest BCUT2D eigenvalue weighted by Gasteiger charge is 2.15. The number of para-hydroxylation sites is 1. The van der Waals surface area contributed by atoms with Crippen LogP contribution in [0.15, 0.2) is 18.2 Å². The molecule has 64 valence electrons. The molecule has 12 heavy (non-hydrogen) atoms. The van der Waals surface area contributed by atoms with Crippen LogP contribution in [0.3, 0.4) is 0 Å². The van der Waals surface area contributed by atoms with E-state index in [1.807, 2.05) is 12.1 Å².